The van der Waals surface area contributed by atoms with E-state index in [2.05, 4.69) is 10.1 Å². The van der Waals surface area contributed by atoms with E-state index in [0.29, 0.717) is 35.0 Å². The first-order valence-corrected chi connectivity index (χ1v) is 14.7. The van der Waals surface area contributed by atoms with Gasteiger partial charge in [-0.2, -0.15) is 10.1 Å². The van der Waals surface area contributed by atoms with Gasteiger partial charge in [0.25, 0.3) is 5.56 Å². The zero-order valence-electron chi connectivity index (χ0n) is 23.5. The highest BCUT2D eigenvalue weighted by molar-refractivity contribution is 7.98. The van der Waals surface area contributed by atoms with Crippen LogP contribution in [0, 0.1) is 11.6 Å². The van der Waals surface area contributed by atoms with Gasteiger partial charge in [-0.25, -0.2) is 8.78 Å². The highest BCUT2D eigenvalue weighted by Gasteiger charge is 2.16. The maximum absolute atomic E-state index is 13.9. The van der Waals surface area contributed by atoms with Gasteiger partial charge in [-0.3, -0.25) is 14.3 Å². The number of benzene rings is 3. The van der Waals surface area contributed by atoms with Gasteiger partial charge in [0.15, 0.2) is 5.16 Å². The first-order valence-electron chi connectivity index (χ1n) is 13.4. The molecular weight excluding hydrogens is 592 g/mol. The van der Waals surface area contributed by atoms with E-state index in [1.807, 2.05) is 30.5 Å². The van der Waals surface area contributed by atoms with Crippen molar-refractivity contribution in [2.75, 3.05) is 7.05 Å². The van der Waals surface area contributed by atoms with Crippen molar-refractivity contribution >= 4 is 29.3 Å². The van der Waals surface area contributed by atoms with Crippen LogP contribution in [0.2, 0.25) is 5.02 Å². The average molecular weight is 620 g/mol. The molecule has 2 aromatic heterocycles. The number of aromatic nitrogens is 4. The molecule has 0 radical (unpaired) electrons. The van der Waals surface area contributed by atoms with Crippen LogP contribution >= 0.6 is 23.4 Å². The Kier molecular flexibility index (Phi) is 9.37. The number of aryl methyl sites for hydroxylation is 1. The van der Waals surface area contributed by atoms with Gasteiger partial charge in [0.2, 0.25) is 5.91 Å². The van der Waals surface area contributed by atoms with E-state index in [-0.39, 0.29) is 28.9 Å². The van der Waals surface area contributed by atoms with Gasteiger partial charge in [-0.05, 0) is 52.1 Å². The first-order chi connectivity index (χ1) is 20.6. The molecule has 11 heteroatoms. The maximum Gasteiger partial charge on any atom is 0.277 e. The molecule has 0 unspecified atom stereocenters. The summed E-state index contributed by atoms with van der Waals surface area (Å²) in [5.41, 5.74) is 4.22. The number of nitrogens with zero attached hydrogens (tertiary/aromatic N) is 5. The van der Waals surface area contributed by atoms with Crippen LogP contribution in [0.15, 0.2) is 95.3 Å². The lowest BCUT2D eigenvalue weighted by Crippen LogP contribution is -2.31. The van der Waals surface area contributed by atoms with Crippen LogP contribution in [-0.2, 0) is 37.1 Å². The van der Waals surface area contributed by atoms with Crippen LogP contribution in [0.5, 0.6) is 0 Å². The zero-order chi connectivity index (χ0) is 30.5. The third kappa shape index (κ3) is 7.77. The van der Waals surface area contributed by atoms with Gasteiger partial charge in [-0.1, -0.05) is 65.8 Å². The molecule has 0 saturated heterocycles. The molecule has 3 aromatic carbocycles. The minimum absolute atomic E-state index is 0.0301. The molecule has 5 rings (SSSR count). The number of carbonyl (C=O) groups excluding carboxylic acids is 1. The maximum atomic E-state index is 13.9. The average Bonchev–Trinajstić information content (AvgIpc) is 3.40. The Balaban J connectivity index is 1.32. The van der Waals surface area contributed by atoms with Crippen molar-refractivity contribution in [1.29, 1.82) is 0 Å². The summed E-state index contributed by atoms with van der Waals surface area (Å²) >= 11 is 7.11. The normalized spacial score (nSPS) is 11.1. The summed E-state index contributed by atoms with van der Waals surface area (Å²) in [5.74, 6) is -0.539. The highest BCUT2D eigenvalue weighted by Crippen LogP contribution is 2.25. The third-order valence-electron chi connectivity index (χ3n) is 6.82. The molecule has 5 aromatic rings. The monoisotopic (exact) mass is 619 g/mol. The molecular formula is C32H28ClF2N5O2S. The van der Waals surface area contributed by atoms with Gasteiger partial charge in [0.05, 0.1) is 11.2 Å². The molecule has 7 nitrogen and oxygen atoms in total. The molecule has 2 heterocycles. The molecule has 220 valence electrons. The molecule has 0 N–H and O–H groups in total. The molecule has 0 fully saturated rings. The summed E-state index contributed by atoms with van der Waals surface area (Å²) in [6, 6.07) is 18.3. The predicted molar refractivity (Wildman–Crippen MR) is 164 cm³/mol. The minimum atomic E-state index is -0.482. The number of hydrogen-bond donors (Lipinski definition) is 0. The molecule has 0 bridgehead atoms. The highest BCUT2D eigenvalue weighted by atomic mass is 35.5. The number of hydrogen-bond acceptors (Lipinski definition) is 5. The Morgan fingerprint density at radius 3 is 2.33 bits per heavy atom. The van der Waals surface area contributed by atoms with Crippen LogP contribution in [0.1, 0.15) is 22.3 Å². The van der Waals surface area contributed by atoms with E-state index in [4.69, 9.17) is 11.6 Å². The van der Waals surface area contributed by atoms with Crippen LogP contribution in [0.25, 0.3) is 11.1 Å². The molecule has 0 saturated carbocycles. The number of amides is 1. The number of thioether (sulfide) groups is 1. The van der Waals surface area contributed by atoms with Crippen molar-refractivity contribution in [3.05, 3.63) is 135 Å². The van der Waals surface area contributed by atoms with Crippen LogP contribution < -0.4 is 5.56 Å². The van der Waals surface area contributed by atoms with Gasteiger partial charge in [0, 0.05) is 50.8 Å². The Labute approximate surface area is 256 Å². The lowest BCUT2D eigenvalue weighted by molar-refractivity contribution is -0.131. The van der Waals surface area contributed by atoms with E-state index in [1.165, 1.54) is 36.0 Å². The Morgan fingerprint density at radius 2 is 1.65 bits per heavy atom. The third-order valence-corrected chi connectivity index (χ3v) is 8.19. The standard InChI is InChI=1S/C32H28ClF2N5O2S/c1-38(16-21-3-7-24(8-4-21)25-9-12-28(33)29(35)14-25)30(41)19-40-18-26(13-23-15-36-39(2)17-23)31(42)37-32(40)43-20-22-5-10-27(34)11-6-22/h3-12,14-15,17-18H,13,16,19-20H2,1-2H3. The lowest BCUT2D eigenvalue weighted by Gasteiger charge is -2.20. The summed E-state index contributed by atoms with van der Waals surface area (Å²) in [7, 11) is 3.51. The Hall–Kier alpha value is -4.28. The fraction of sp³-hybridized carbons (Fsp3) is 0.188. The van der Waals surface area contributed by atoms with Crippen molar-refractivity contribution in [2.45, 2.75) is 30.4 Å². The van der Waals surface area contributed by atoms with Crippen molar-refractivity contribution in [1.82, 2.24) is 24.2 Å². The number of carbonyl (C=O) groups is 1. The van der Waals surface area contributed by atoms with E-state index in [9.17, 15) is 18.4 Å². The summed E-state index contributed by atoms with van der Waals surface area (Å²) in [6.45, 7) is 0.319. The second kappa shape index (κ2) is 13.4. The molecule has 0 aliphatic carbocycles. The van der Waals surface area contributed by atoms with Crippen LogP contribution in [0.4, 0.5) is 8.78 Å². The van der Waals surface area contributed by atoms with E-state index in [0.717, 1.165) is 22.3 Å². The van der Waals surface area contributed by atoms with Crippen LogP contribution in [0.3, 0.4) is 0 Å². The lowest BCUT2D eigenvalue weighted by atomic mass is 10.0. The van der Waals surface area contributed by atoms with Crippen molar-refractivity contribution in [3.63, 3.8) is 0 Å². The molecule has 43 heavy (non-hydrogen) atoms. The number of likely N-dealkylation sites (N-methyl/N-ethyl adjacent to an activating group) is 1. The predicted octanol–water partition coefficient (Wildman–Crippen LogP) is 6.12. The summed E-state index contributed by atoms with van der Waals surface area (Å²) < 4.78 is 30.6. The summed E-state index contributed by atoms with van der Waals surface area (Å²) in [5, 5.41) is 4.63. The Bertz CT molecular complexity index is 1810. The van der Waals surface area contributed by atoms with Gasteiger partial charge in [-0.15, -0.1) is 0 Å². The zero-order valence-corrected chi connectivity index (χ0v) is 25.1. The molecule has 0 aliphatic heterocycles. The number of halogens is 3. The van der Waals surface area contributed by atoms with Gasteiger partial charge >= 0.3 is 0 Å². The smallest absolute Gasteiger partial charge is 0.277 e. The fourth-order valence-electron chi connectivity index (χ4n) is 4.49. The minimum Gasteiger partial charge on any atom is -0.340 e. The summed E-state index contributed by atoms with van der Waals surface area (Å²) in [6.07, 6.45) is 5.53. The second-order valence-corrected chi connectivity index (χ2v) is 11.5. The van der Waals surface area contributed by atoms with Gasteiger partial charge < -0.3 is 9.47 Å². The summed E-state index contributed by atoms with van der Waals surface area (Å²) in [4.78, 5) is 32.2. The Morgan fingerprint density at radius 1 is 0.953 bits per heavy atom. The van der Waals surface area contributed by atoms with Crippen molar-refractivity contribution < 1.29 is 13.6 Å². The van der Waals surface area contributed by atoms with Crippen molar-refractivity contribution in [2.24, 2.45) is 7.05 Å². The molecule has 1 amide bonds. The van der Waals surface area contributed by atoms with Crippen molar-refractivity contribution in [3.8, 4) is 11.1 Å². The number of rotatable bonds is 10. The largest absolute Gasteiger partial charge is 0.340 e. The first kappa shape index (κ1) is 30.2. The SMILES string of the molecule is CN(Cc1ccc(-c2ccc(Cl)c(F)c2)cc1)C(=O)Cn1cc(Cc2cnn(C)c2)c(=O)nc1SCc1ccc(F)cc1. The second-order valence-electron chi connectivity index (χ2n) is 10.2. The van der Waals surface area contributed by atoms with E-state index >= 15 is 0 Å². The fourth-order valence-corrected chi connectivity index (χ4v) is 5.53. The van der Waals surface area contributed by atoms with E-state index in [1.54, 1.807) is 58.8 Å². The topological polar surface area (TPSA) is 73.0 Å². The van der Waals surface area contributed by atoms with E-state index < -0.39 is 5.82 Å². The molecule has 0 atom stereocenters. The van der Waals surface area contributed by atoms with Crippen LogP contribution in [-0.4, -0.2) is 37.2 Å². The molecule has 0 spiro atoms. The quantitative estimate of drug-likeness (QED) is 0.139. The van der Waals surface area contributed by atoms with Gasteiger partial charge in [0.1, 0.15) is 18.2 Å². The molecule has 0 aliphatic rings.